The minimum atomic E-state index is -0.0776. The van der Waals surface area contributed by atoms with E-state index in [-0.39, 0.29) is 24.3 Å². The van der Waals surface area contributed by atoms with Gasteiger partial charge >= 0.3 is 0 Å². The van der Waals surface area contributed by atoms with Crippen molar-refractivity contribution in [3.63, 3.8) is 0 Å². The molecule has 0 aromatic carbocycles. The number of nitrogens with zero attached hydrogens (tertiary/aromatic N) is 4. The number of nitrogens with one attached hydrogen (secondary N) is 1. The first-order chi connectivity index (χ1) is 15.6. The third-order valence-corrected chi connectivity index (χ3v) is 5.80. The van der Waals surface area contributed by atoms with Crippen LogP contribution in [0.1, 0.15) is 23.5 Å². The number of aromatic nitrogens is 4. The first kappa shape index (κ1) is 20.0. The monoisotopic (exact) mass is 426 g/mol. The number of rotatable bonds is 6. The summed E-state index contributed by atoms with van der Waals surface area (Å²) in [7, 11) is 0. The maximum absolute atomic E-state index is 12.7. The normalized spacial score (nSPS) is 17.3. The van der Waals surface area contributed by atoms with Gasteiger partial charge in [0.25, 0.3) is 0 Å². The molecule has 8 nitrogen and oxygen atoms in total. The third kappa shape index (κ3) is 3.88. The largest absolute Gasteiger partial charge is 0.396 e. The van der Waals surface area contributed by atoms with Gasteiger partial charge < -0.3 is 16.2 Å². The summed E-state index contributed by atoms with van der Waals surface area (Å²) in [5.74, 6) is 0.890. The Kier molecular flexibility index (Phi) is 5.20. The number of hydrogen-bond acceptors (Lipinski definition) is 7. The SMILES string of the molecule is Nc1nc(-c2cnccc2CCO)cc2cc(NC(=O)[C@@H]3C[C@H]3c3cccnc3)ncc12. The minimum Gasteiger partial charge on any atom is -0.396 e. The van der Waals surface area contributed by atoms with Crippen molar-refractivity contribution in [3.05, 3.63) is 72.4 Å². The van der Waals surface area contributed by atoms with Crippen LogP contribution in [0.15, 0.2) is 61.3 Å². The summed E-state index contributed by atoms with van der Waals surface area (Å²) in [4.78, 5) is 29.9. The van der Waals surface area contributed by atoms with E-state index in [0.29, 0.717) is 29.1 Å². The summed E-state index contributed by atoms with van der Waals surface area (Å²) in [6.07, 6.45) is 9.87. The van der Waals surface area contributed by atoms with E-state index in [9.17, 15) is 9.90 Å². The molecule has 0 spiro atoms. The first-order valence-electron chi connectivity index (χ1n) is 10.4. The Hall–Kier alpha value is -3.91. The van der Waals surface area contributed by atoms with Gasteiger partial charge in [-0.05, 0) is 59.5 Å². The fourth-order valence-electron chi connectivity index (χ4n) is 4.04. The second kappa shape index (κ2) is 8.32. The maximum atomic E-state index is 12.7. The lowest BCUT2D eigenvalue weighted by atomic mass is 10.0. The molecule has 1 amide bonds. The van der Waals surface area contributed by atoms with Gasteiger partial charge in [-0.2, -0.15) is 0 Å². The molecule has 4 aromatic rings. The van der Waals surface area contributed by atoms with E-state index in [4.69, 9.17) is 5.73 Å². The van der Waals surface area contributed by atoms with E-state index < -0.39 is 0 Å². The Bertz CT molecular complexity index is 1290. The molecule has 160 valence electrons. The molecule has 1 fully saturated rings. The van der Waals surface area contributed by atoms with Crippen molar-refractivity contribution in [2.45, 2.75) is 18.8 Å². The predicted molar refractivity (Wildman–Crippen MR) is 122 cm³/mol. The number of nitrogens with two attached hydrogens (primary N) is 1. The Morgan fingerprint density at radius 3 is 2.84 bits per heavy atom. The van der Waals surface area contributed by atoms with Crippen LogP contribution < -0.4 is 11.1 Å². The summed E-state index contributed by atoms with van der Waals surface area (Å²) in [5.41, 5.74) is 9.69. The fraction of sp³-hybridized carbons (Fsp3) is 0.208. The zero-order chi connectivity index (χ0) is 22.1. The molecule has 1 aliphatic rings. The molecule has 8 heteroatoms. The number of amides is 1. The average Bonchev–Trinajstić information content (AvgIpc) is 3.61. The Morgan fingerprint density at radius 1 is 1.16 bits per heavy atom. The summed E-state index contributed by atoms with van der Waals surface area (Å²) < 4.78 is 0. The zero-order valence-electron chi connectivity index (χ0n) is 17.3. The number of aliphatic hydroxyl groups excluding tert-OH is 1. The van der Waals surface area contributed by atoms with Crippen molar-refractivity contribution >= 4 is 28.3 Å². The molecule has 0 saturated heterocycles. The van der Waals surface area contributed by atoms with Crippen molar-refractivity contribution < 1.29 is 9.90 Å². The maximum Gasteiger partial charge on any atom is 0.229 e. The van der Waals surface area contributed by atoms with Gasteiger partial charge in [-0.1, -0.05) is 6.07 Å². The topological polar surface area (TPSA) is 127 Å². The highest BCUT2D eigenvalue weighted by Gasteiger charge is 2.44. The molecule has 4 aromatic heterocycles. The molecule has 4 N–H and O–H groups in total. The van der Waals surface area contributed by atoms with Crippen LogP contribution in [0.5, 0.6) is 0 Å². The number of pyridine rings is 4. The predicted octanol–water partition coefficient (Wildman–Crippen LogP) is 2.95. The van der Waals surface area contributed by atoms with Crippen molar-refractivity contribution in [1.29, 1.82) is 0 Å². The van der Waals surface area contributed by atoms with Gasteiger partial charge in [0.2, 0.25) is 5.91 Å². The minimum absolute atomic E-state index is 0.0291. The summed E-state index contributed by atoms with van der Waals surface area (Å²) in [5, 5.41) is 13.8. The van der Waals surface area contributed by atoms with Crippen molar-refractivity contribution in [2.24, 2.45) is 5.92 Å². The number of anilines is 2. The highest BCUT2D eigenvalue weighted by atomic mass is 16.3. The summed E-state index contributed by atoms with van der Waals surface area (Å²) >= 11 is 0. The van der Waals surface area contributed by atoms with Crippen molar-refractivity contribution in [2.75, 3.05) is 17.7 Å². The summed E-state index contributed by atoms with van der Waals surface area (Å²) in [6.45, 7) is 0.0291. The zero-order valence-corrected chi connectivity index (χ0v) is 17.3. The van der Waals surface area contributed by atoms with Crippen LogP contribution in [-0.4, -0.2) is 37.6 Å². The van der Waals surface area contributed by atoms with Crippen molar-refractivity contribution in [3.8, 4) is 11.3 Å². The number of carbonyl (C=O) groups is 1. The molecule has 1 saturated carbocycles. The molecule has 2 atom stereocenters. The second-order valence-corrected chi connectivity index (χ2v) is 7.91. The van der Waals surface area contributed by atoms with E-state index in [1.165, 1.54) is 0 Å². The van der Waals surface area contributed by atoms with Crippen LogP contribution >= 0.6 is 0 Å². The van der Waals surface area contributed by atoms with Crippen LogP contribution in [0.25, 0.3) is 22.0 Å². The molecule has 5 rings (SSSR count). The molecule has 0 unspecified atom stereocenters. The van der Waals surface area contributed by atoms with Gasteiger partial charge in [0, 0.05) is 54.5 Å². The highest BCUT2D eigenvalue weighted by Crippen LogP contribution is 2.47. The van der Waals surface area contributed by atoms with E-state index >= 15 is 0 Å². The van der Waals surface area contributed by atoms with Crippen LogP contribution in [0, 0.1) is 5.92 Å². The number of fused-ring (bicyclic) bond motifs is 1. The number of hydrogen-bond donors (Lipinski definition) is 3. The first-order valence-corrected chi connectivity index (χ1v) is 10.4. The molecule has 4 heterocycles. The Labute approximate surface area is 184 Å². The lowest BCUT2D eigenvalue weighted by molar-refractivity contribution is -0.117. The molecular formula is C24H22N6O2. The van der Waals surface area contributed by atoms with Gasteiger partial charge in [0.1, 0.15) is 11.6 Å². The third-order valence-electron chi connectivity index (χ3n) is 5.80. The smallest absolute Gasteiger partial charge is 0.229 e. The quantitative estimate of drug-likeness (QED) is 0.432. The number of aliphatic hydroxyl groups is 1. The highest BCUT2D eigenvalue weighted by molar-refractivity contribution is 5.98. The van der Waals surface area contributed by atoms with Gasteiger partial charge in [-0.3, -0.25) is 14.8 Å². The number of nitrogen functional groups attached to an aromatic ring is 1. The lowest BCUT2D eigenvalue weighted by Gasteiger charge is -2.11. The van der Waals surface area contributed by atoms with E-state index in [1.54, 1.807) is 30.9 Å². The van der Waals surface area contributed by atoms with E-state index in [0.717, 1.165) is 28.5 Å². The van der Waals surface area contributed by atoms with Crippen molar-refractivity contribution in [1.82, 2.24) is 19.9 Å². The van der Waals surface area contributed by atoms with Gasteiger partial charge in [0.15, 0.2) is 0 Å². The molecule has 32 heavy (non-hydrogen) atoms. The molecule has 0 radical (unpaired) electrons. The molecule has 0 bridgehead atoms. The van der Waals surface area contributed by atoms with Crippen LogP contribution in [-0.2, 0) is 11.2 Å². The van der Waals surface area contributed by atoms with Gasteiger partial charge in [-0.25, -0.2) is 9.97 Å². The standard InChI is InChI=1S/C24H22N6O2/c25-23-20-13-28-22(30-24(32)18-10-17(18)15-2-1-5-26-11-15)9-16(20)8-21(29-23)19-12-27-6-3-14(19)4-7-31/h1-3,5-6,8-9,11-13,17-18,31H,4,7,10H2,(H2,25,29)(H,28,30,32)/t17-,18+/m0/s1. The molecule has 0 aliphatic heterocycles. The van der Waals surface area contributed by atoms with Crippen LogP contribution in [0.4, 0.5) is 11.6 Å². The molecular weight excluding hydrogens is 404 g/mol. The van der Waals surface area contributed by atoms with Crippen LogP contribution in [0.2, 0.25) is 0 Å². The average molecular weight is 426 g/mol. The lowest BCUT2D eigenvalue weighted by Crippen LogP contribution is -2.15. The summed E-state index contributed by atoms with van der Waals surface area (Å²) in [6, 6.07) is 9.45. The Balaban J connectivity index is 1.41. The van der Waals surface area contributed by atoms with E-state index in [1.807, 2.05) is 30.5 Å². The second-order valence-electron chi connectivity index (χ2n) is 7.91. The number of carbonyl (C=O) groups excluding carboxylic acids is 1. The van der Waals surface area contributed by atoms with E-state index in [2.05, 4.69) is 25.3 Å². The van der Waals surface area contributed by atoms with Gasteiger partial charge in [0.05, 0.1) is 5.69 Å². The molecule has 1 aliphatic carbocycles. The van der Waals surface area contributed by atoms with Gasteiger partial charge in [-0.15, -0.1) is 0 Å². The fourth-order valence-corrected chi connectivity index (χ4v) is 4.04. The Morgan fingerprint density at radius 2 is 2.03 bits per heavy atom. The van der Waals surface area contributed by atoms with Crippen LogP contribution in [0.3, 0.4) is 0 Å².